The molecule has 0 bridgehead atoms. The number of rotatable bonds is 0. The molecule has 0 N–H and O–H groups in total. The number of cyclic esters (lactones) is 2. The van der Waals surface area contributed by atoms with Crippen molar-refractivity contribution in [3.8, 4) is 0 Å². The molecule has 2 unspecified atom stereocenters. The predicted octanol–water partition coefficient (Wildman–Crippen LogP) is 1.18. The third-order valence-electron chi connectivity index (χ3n) is 1.55. The Labute approximate surface area is 53.9 Å². The summed E-state index contributed by atoms with van der Waals surface area (Å²) in [4.78, 5) is 10.4. The van der Waals surface area contributed by atoms with Crippen LogP contribution in [-0.4, -0.2) is 18.9 Å². The van der Waals surface area contributed by atoms with Gasteiger partial charge in [-0.15, -0.1) is 0 Å². The van der Waals surface area contributed by atoms with Gasteiger partial charge in [-0.05, 0) is 6.92 Å². The SMILES string of the molecule is CC1COC(=O)OC1C. The van der Waals surface area contributed by atoms with Crippen LogP contribution in [0.15, 0.2) is 0 Å². The van der Waals surface area contributed by atoms with Gasteiger partial charge in [-0.1, -0.05) is 6.92 Å². The predicted molar refractivity (Wildman–Crippen MR) is 31.1 cm³/mol. The molecule has 1 aliphatic heterocycles. The van der Waals surface area contributed by atoms with Crippen molar-refractivity contribution in [3.05, 3.63) is 0 Å². The quantitative estimate of drug-likeness (QED) is 0.462. The lowest BCUT2D eigenvalue weighted by Gasteiger charge is -2.24. The lowest BCUT2D eigenvalue weighted by Crippen LogP contribution is -2.32. The zero-order valence-electron chi connectivity index (χ0n) is 5.59. The second-order valence-corrected chi connectivity index (χ2v) is 2.36. The summed E-state index contributed by atoms with van der Waals surface area (Å²) < 4.78 is 9.34. The van der Waals surface area contributed by atoms with Gasteiger partial charge < -0.3 is 9.47 Å². The van der Waals surface area contributed by atoms with Gasteiger partial charge in [-0.25, -0.2) is 4.79 Å². The van der Waals surface area contributed by atoms with Crippen LogP contribution in [0.3, 0.4) is 0 Å². The first kappa shape index (κ1) is 6.39. The minimum atomic E-state index is -0.541. The maximum Gasteiger partial charge on any atom is 0.508 e. The molecular formula is C6H10O3. The molecule has 1 saturated heterocycles. The van der Waals surface area contributed by atoms with Gasteiger partial charge >= 0.3 is 6.16 Å². The summed E-state index contributed by atoms with van der Waals surface area (Å²) in [6, 6.07) is 0. The molecule has 0 radical (unpaired) electrons. The third kappa shape index (κ3) is 1.34. The fourth-order valence-corrected chi connectivity index (χ4v) is 0.637. The zero-order valence-corrected chi connectivity index (χ0v) is 5.59. The lowest BCUT2D eigenvalue weighted by atomic mass is 10.1. The van der Waals surface area contributed by atoms with Crippen LogP contribution in [0.4, 0.5) is 4.79 Å². The largest absolute Gasteiger partial charge is 0.508 e. The van der Waals surface area contributed by atoms with Gasteiger partial charge in [0.1, 0.15) is 12.7 Å². The van der Waals surface area contributed by atoms with Gasteiger partial charge in [0.05, 0.1) is 0 Å². The van der Waals surface area contributed by atoms with Crippen LogP contribution >= 0.6 is 0 Å². The molecular weight excluding hydrogens is 120 g/mol. The van der Waals surface area contributed by atoms with E-state index >= 15 is 0 Å². The van der Waals surface area contributed by atoms with Crippen LogP contribution in [0.5, 0.6) is 0 Å². The molecule has 9 heavy (non-hydrogen) atoms. The van der Waals surface area contributed by atoms with Crippen molar-refractivity contribution in [3.63, 3.8) is 0 Å². The van der Waals surface area contributed by atoms with Crippen LogP contribution < -0.4 is 0 Å². The summed E-state index contributed by atoms with van der Waals surface area (Å²) in [6.45, 7) is 4.34. The first-order valence-electron chi connectivity index (χ1n) is 3.03. The fraction of sp³-hybridized carbons (Fsp3) is 0.833. The highest BCUT2D eigenvalue weighted by Crippen LogP contribution is 2.13. The van der Waals surface area contributed by atoms with Gasteiger partial charge in [0.25, 0.3) is 0 Å². The number of carbonyl (C=O) groups excluding carboxylic acids is 1. The standard InChI is InChI=1S/C6H10O3/c1-4-3-8-6(7)9-5(4)2/h4-5H,3H2,1-2H3. The summed E-state index contributed by atoms with van der Waals surface area (Å²) in [5.74, 6) is 0.322. The molecule has 1 heterocycles. The Balaban J connectivity index is 2.44. The van der Waals surface area contributed by atoms with Crippen molar-refractivity contribution >= 4 is 6.16 Å². The van der Waals surface area contributed by atoms with Crippen molar-refractivity contribution in [2.75, 3.05) is 6.61 Å². The fourth-order valence-electron chi connectivity index (χ4n) is 0.637. The van der Waals surface area contributed by atoms with E-state index in [0.29, 0.717) is 12.5 Å². The molecule has 0 spiro atoms. The minimum Gasteiger partial charge on any atom is -0.434 e. The summed E-state index contributed by atoms with van der Waals surface area (Å²) in [5, 5.41) is 0. The van der Waals surface area contributed by atoms with E-state index in [-0.39, 0.29) is 6.10 Å². The molecule has 0 saturated carbocycles. The van der Waals surface area contributed by atoms with E-state index in [4.69, 9.17) is 4.74 Å². The summed E-state index contributed by atoms with van der Waals surface area (Å²) in [5.41, 5.74) is 0. The van der Waals surface area contributed by atoms with Crippen molar-refractivity contribution in [1.29, 1.82) is 0 Å². The molecule has 0 amide bonds. The molecule has 0 aromatic carbocycles. The maximum absolute atomic E-state index is 10.4. The highest BCUT2D eigenvalue weighted by atomic mass is 16.7. The van der Waals surface area contributed by atoms with E-state index in [0.717, 1.165) is 0 Å². The Morgan fingerprint density at radius 2 is 2.22 bits per heavy atom. The molecule has 3 heteroatoms. The Bertz CT molecular complexity index is 121. The lowest BCUT2D eigenvalue weighted by molar-refractivity contribution is -0.0460. The molecule has 1 fully saturated rings. The van der Waals surface area contributed by atoms with Crippen LogP contribution in [0.2, 0.25) is 0 Å². The van der Waals surface area contributed by atoms with E-state index in [9.17, 15) is 4.79 Å². The number of hydrogen-bond acceptors (Lipinski definition) is 3. The zero-order chi connectivity index (χ0) is 6.85. The van der Waals surface area contributed by atoms with E-state index in [1.807, 2.05) is 13.8 Å². The Morgan fingerprint density at radius 1 is 1.56 bits per heavy atom. The van der Waals surface area contributed by atoms with Gasteiger partial charge in [0.2, 0.25) is 0 Å². The topological polar surface area (TPSA) is 35.5 Å². The first-order valence-corrected chi connectivity index (χ1v) is 3.03. The second kappa shape index (κ2) is 2.25. The number of ether oxygens (including phenoxy) is 2. The molecule has 0 aliphatic carbocycles. The Hall–Kier alpha value is -0.730. The molecule has 1 aliphatic rings. The van der Waals surface area contributed by atoms with Gasteiger partial charge in [0.15, 0.2) is 0 Å². The summed E-state index contributed by atoms with van der Waals surface area (Å²) >= 11 is 0. The summed E-state index contributed by atoms with van der Waals surface area (Å²) in [6.07, 6.45) is -0.535. The van der Waals surface area contributed by atoms with Crippen molar-refractivity contribution < 1.29 is 14.3 Å². The van der Waals surface area contributed by atoms with Crippen LogP contribution in [0, 0.1) is 5.92 Å². The minimum absolute atomic E-state index is 0.00579. The second-order valence-electron chi connectivity index (χ2n) is 2.36. The molecule has 0 aromatic rings. The Morgan fingerprint density at radius 3 is 2.67 bits per heavy atom. The average molecular weight is 130 g/mol. The number of hydrogen-bond donors (Lipinski definition) is 0. The molecule has 1 rings (SSSR count). The third-order valence-corrected chi connectivity index (χ3v) is 1.55. The van der Waals surface area contributed by atoms with E-state index < -0.39 is 6.16 Å². The Kier molecular flexibility index (Phi) is 1.60. The normalized spacial score (nSPS) is 35.1. The van der Waals surface area contributed by atoms with E-state index in [2.05, 4.69) is 4.74 Å². The average Bonchev–Trinajstić information content (AvgIpc) is 1.80. The molecule has 3 nitrogen and oxygen atoms in total. The highest BCUT2D eigenvalue weighted by molar-refractivity contribution is 5.60. The van der Waals surface area contributed by atoms with Crippen LogP contribution in [0.1, 0.15) is 13.8 Å². The van der Waals surface area contributed by atoms with Crippen molar-refractivity contribution in [2.24, 2.45) is 5.92 Å². The summed E-state index contributed by atoms with van der Waals surface area (Å²) in [7, 11) is 0. The highest BCUT2D eigenvalue weighted by Gasteiger charge is 2.24. The smallest absolute Gasteiger partial charge is 0.434 e. The van der Waals surface area contributed by atoms with Crippen molar-refractivity contribution in [2.45, 2.75) is 20.0 Å². The molecule has 0 aromatic heterocycles. The van der Waals surface area contributed by atoms with Crippen molar-refractivity contribution in [1.82, 2.24) is 0 Å². The number of carbonyl (C=O) groups is 1. The van der Waals surface area contributed by atoms with Crippen LogP contribution in [-0.2, 0) is 9.47 Å². The monoisotopic (exact) mass is 130 g/mol. The molecule has 2 atom stereocenters. The van der Waals surface area contributed by atoms with Crippen LogP contribution in [0.25, 0.3) is 0 Å². The first-order chi connectivity index (χ1) is 4.20. The van der Waals surface area contributed by atoms with Gasteiger partial charge in [-0.3, -0.25) is 0 Å². The van der Waals surface area contributed by atoms with E-state index in [1.165, 1.54) is 0 Å². The van der Waals surface area contributed by atoms with E-state index in [1.54, 1.807) is 0 Å². The maximum atomic E-state index is 10.4. The van der Waals surface area contributed by atoms with Gasteiger partial charge in [0, 0.05) is 5.92 Å². The molecule has 52 valence electrons. The van der Waals surface area contributed by atoms with Gasteiger partial charge in [-0.2, -0.15) is 0 Å².